The second-order valence-corrected chi connectivity index (χ2v) is 3.23. The van der Waals surface area contributed by atoms with E-state index in [2.05, 4.69) is 0 Å². The average molecular weight is 265 g/mol. The van der Waals surface area contributed by atoms with Crippen molar-refractivity contribution < 1.29 is 32.3 Å². The van der Waals surface area contributed by atoms with Crippen LogP contribution in [0.4, 0.5) is 23.2 Å². The summed E-state index contributed by atoms with van der Waals surface area (Å²) in [5, 5.41) is 8.47. The van der Waals surface area contributed by atoms with Crippen molar-refractivity contribution in [3.63, 3.8) is 0 Å². The first-order valence-electron chi connectivity index (χ1n) is 4.58. The number of nitrogens with zero attached hydrogens (tertiary/aromatic N) is 1. The number of carbonyl (C=O) groups is 2. The Hall–Kier alpha value is -2.12. The maximum absolute atomic E-state index is 13.3. The number of rotatable bonds is 3. The Balaban J connectivity index is 3.18. The number of carboxylic acid groups (broad SMARTS) is 1. The molecular formula is C10H7F4NO3. The third kappa shape index (κ3) is 3.19. The van der Waals surface area contributed by atoms with E-state index in [0.717, 1.165) is 12.1 Å². The molecule has 0 radical (unpaired) electrons. The molecule has 1 aromatic rings. The number of carboxylic acids is 1. The van der Waals surface area contributed by atoms with Crippen molar-refractivity contribution in [1.82, 2.24) is 0 Å². The molecule has 0 unspecified atom stereocenters. The van der Waals surface area contributed by atoms with Gasteiger partial charge in [-0.3, -0.25) is 14.5 Å². The van der Waals surface area contributed by atoms with Crippen LogP contribution >= 0.6 is 0 Å². The van der Waals surface area contributed by atoms with Gasteiger partial charge in [0.1, 0.15) is 12.4 Å². The van der Waals surface area contributed by atoms with Gasteiger partial charge in [-0.1, -0.05) is 12.1 Å². The molecule has 0 heterocycles. The zero-order valence-corrected chi connectivity index (χ0v) is 8.74. The van der Waals surface area contributed by atoms with Crippen LogP contribution in [0.2, 0.25) is 0 Å². The van der Waals surface area contributed by atoms with Crippen molar-refractivity contribution in [2.45, 2.75) is 6.18 Å². The third-order valence-electron chi connectivity index (χ3n) is 1.92. The lowest BCUT2D eigenvalue weighted by Crippen LogP contribution is -2.44. The summed E-state index contributed by atoms with van der Waals surface area (Å²) >= 11 is 0. The Morgan fingerprint density at radius 2 is 1.78 bits per heavy atom. The van der Waals surface area contributed by atoms with Gasteiger partial charge >= 0.3 is 18.1 Å². The van der Waals surface area contributed by atoms with E-state index in [1.807, 2.05) is 0 Å². The Labute approximate surface area is 98.4 Å². The van der Waals surface area contributed by atoms with Crippen molar-refractivity contribution >= 4 is 17.6 Å². The molecule has 1 amide bonds. The molecule has 0 aliphatic heterocycles. The van der Waals surface area contributed by atoms with Crippen molar-refractivity contribution in [3.05, 3.63) is 30.1 Å². The van der Waals surface area contributed by atoms with E-state index in [1.54, 1.807) is 0 Å². The van der Waals surface area contributed by atoms with Gasteiger partial charge in [0.25, 0.3) is 0 Å². The van der Waals surface area contributed by atoms with Crippen LogP contribution in [-0.2, 0) is 9.59 Å². The normalized spacial score (nSPS) is 11.1. The van der Waals surface area contributed by atoms with Gasteiger partial charge in [-0.2, -0.15) is 13.2 Å². The number of amides is 1. The fourth-order valence-electron chi connectivity index (χ4n) is 1.23. The van der Waals surface area contributed by atoms with Crippen LogP contribution in [0, 0.1) is 5.82 Å². The smallest absolute Gasteiger partial charge is 0.471 e. The van der Waals surface area contributed by atoms with Crippen LogP contribution in [0.15, 0.2) is 24.3 Å². The average Bonchev–Trinajstić information content (AvgIpc) is 2.24. The number of hydrogen-bond acceptors (Lipinski definition) is 2. The Kier molecular flexibility index (Phi) is 3.89. The van der Waals surface area contributed by atoms with Crippen molar-refractivity contribution in [2.24, 2.45) is 0 Å². The first-order valence-corrected chi connectivity index (χ1v) is 4.58. The molecular weight excluding hydrogens is 258 g/mol. The number of benzene rings is 1. The summed E-state index contributed by atoms with van der Waals surface area (Å²) < 4.78 is 50.1. The molecule has 0 aliphatic carbocycles. The standard InChI is InChI=1S/C10H7F4NO3/c11-6-3-1-2-4-7(6)15(5-8(16)17)9(18)10(12,13)14/h1-4H,5H2,(H,16,17). The summed E-state index contributed by atoms with van der Waals surface area (Å²) in [5.41, 5.74) is -0.734. The molecule has 0 saturated carbocycles. The predicted molar refractivity (Wildman–Crippen MR) is 52.4 cm³/mol. The van der Waals surface area contributed by atoms with E-state index in [1.165, 1.54) is 12.1 Å². The lowest BCUT2D eigenvalue weighted by Gasteiger charge is -2.22. The molecule has 4 nitrogen and oxygen atoms in total. The molecule has 0 atom stereocenters. The molecule has 0 saturated heterocycles. The molecule has 0 bridgehead atoms. The third-order valence-corrected chi connectivity index (χ3v) is 1.92. The zero-order chi connectivity index (χ0) is 13.9. The maximum Gasteiger partial charge on any atom is 0.471 e. The molecule has 18 heavy (non-hydrogen) atoms. The molecule has 1 N–H and O–H groups in total. The molecule has 0 aliphatic rings. The van der Waals surface area contributed by atoms with E-state index in [4.69, 9.17) is 5.11 Å². The van der Waals surface area contributed by atoms with Gasteiger partial charge in [0.2, 0.25) is 0 Å². The quantitative estimate of drug-likeness (QED) is 0.848. The largest absolute Gasteiger partial charge is 0.480 e. The second kappa shape index (κ2) is 5.03. The summed E-state index contributed by atoms with van der Waals surface area (Å²) in [5.74, 6) is -5.23. The van der Waals surface area contributed by atoms with Crippen molar-refractivity contribution in [3.8, 4) is 0 Å². The van der Waals surface area contributed by atoms with Crippen LogP contribution < -0.4 is 4.90 Å². The number of halogens is 4. The molecule has 1 aromatic carbocycles. The monoisotopic (exact) mass is 265 g/mol. The molecule has 0 fully saturated rings. The first kappa shape index (κ1) is 13.9. The van der Waals surface area contributed by atoms with E-state index in [0.29, 0.717) is 0 Å². The maximum atomic E-state index is 13.3. The van der Waals surface area contributed by atoms with Crippen LogP contribution in [0.3, 0.4) is 0 Å². The number of aliphatic carboxylic acids is 1. The highest BCUT2D eigenvalue weighted by molar-refractivity contribution is 6.00. The van der Waals surface area contributed by atoms with Gasteiger partial charge in [-0.25, -0.2) is 4.39 Å². The van der Waals surface area contributed by atoms with Crippen molar-refractivity contribution in [1.29, 1.82) is 0 Å². The molecule has 1 rings (SSSR count). The van der Waals surface area contributed by atoms with Gasteiger partial charge in [0, 0.05) is 0 Å². The van der Waals surface area contributed by atoms with Gasteiger partial charge in [0.05, 0.1) is 5.69 Å². The minimum Gasteiger partial charge on any atom is -0.480 e. The predicted octanol–water partition coefficient (Wildman–Crippen LogP) is 1.81. The minimum atomic E-state index is -5.28. The van der Waals surface area contributed by atoms with Crippen LogP contribution in [0.1, 0.15) is 0 Å². The zero-order valence-electron chi connectivity index (χ0n) is 8.74. The molecule has 0 aromatic heterocycles. The second-order valence-electron chi connectivity index (χ2n) is 3.23. The van der Waals surface area contributed by atoms with E-state index in [-0.39, 0.29) is 4.90 Å². The highest BCUT2D eigenvalue weighted by Gasteiger charge is 2.44. The number of alkyl halides is 3. The van der Waals surface area contributed by atoms with Crippen molar-refractivity contribution in [2.75, 3.05) is 11.4 Å². The van der Waals surface area contributed by atoms with Crippen LogP contribution in [0.25, 0.3) is 0 Å². The van der Waals surface area contributed by atoms with Crippen LogP contribution in [-0.4, -0.2) is 29.7 Å². The summed E-state index contributed by atoms with van der Waals surface area (Å²) in [7, 11) is 0. The fraction of sp³-hybridized carbons (Fsp3) is 0.200. The van der Waals surface area contributed by atoms with E-state index < -0.39 is 36.1 Å². The van der Waals surface area contributed by atoms with Crippen LogP contribution in [0.5, 0.6) is 0 Å². The van der Waals surface area contributed by atoms with Gasteiger partial charge in [-0.05, 0) is 12.1 Å². The number of para-hydroxylation sites is 1. The molecule has 0 spiro atoms. The van der Waals surface area contributed by atoms with Gasteiger partial charge in [0.15, 0.2) is 0 Å². The molecule has 98 valence electrons. The number of anilines is 1. The number of hydrogen-bond donors (Lipinski definition) is 1. The highest BCUT2D eigenvalue weighted by atomic mass is 19.4. The number of carbonyl (C=O) groups excluding carboxylic acids is 1. The van der Waals surface area contributed by atoms with E-state index >= 15 is 0 Å². The van der Waals surface area contributed by atoms with E-state index in [9.17, 15) is 27.2 Å². The highest BCUT2D eigenvalue weighted by Crippen LogP contribution is 2.25. The minimum absolute atomic E-state index is 0.169. The fourth-order valence-corrected chi connectivity index (χ4v) is 1.23. The van der Waals surface area contributed by atoms with Gasteiger partial charge < -0.3 is 5.11 Å². The summed E-state index contributed by atoms with van der Waals surface area (Å²) in [6.07, 6.45) is -5.28. The summed E-state index contributed by atoms with van der Waals surface area (Å²) in [4.78, 5) is 21.3. The topological polar surface area (TPSA) is 57.6 Å². The Morgan fingerprint density at radius 1 is 1.22 bits per heavy atom. The lowest BCUT2D eigenvalue weighted by atomic mass is 10.2. The first-order chi connectivity index (χ1) is 8.23. The molecule has 8 heteroatoms. The van der Waals surface area contributed by atoms with Gasteiger partial charge in [-0.15, -0.1) is 0 Å². The summed E-state index contributed by atoms with van der Waals surface area (Å²) in [6.45, 7) is -1.28. The lowest BCUT2D eigenvalue weighted by molar-refractivity contribution is -0.171. The SMILES string of the molecule is O=C(O)CN(C(=O)C(F)(F)F)c1ccccc1F. The summed E-state index contributed by atoms with van der Waals surface area (Å²) in [6, 6.07) is 4.11. The Morgan fingerprint density at radius 3 is 2.22 bits per heavy atom. The Bertz CT molecular complexity index is 472.